The molecule has 0 unspecified atom stereocenters. The lowest BCUT2D eigenvalue weighted by Gasteiger charge is -2.20. The Balaban J connectivity index is 0.000000980. The first-order valence-corrected chi connectivity index (χ1v) is 5.71. The van der Waals surface area contributed by atoms with Crippen molar-refractivity contribution < 1.29 is 0 Å². The molecular formula is C10H17ClN2S. The second kappa shape index (κ2) is 5.10. The fourth-order valence-corrected chi connectivity index (χ4v) is 3.02. The minimum absolute atomic E-state index is 0. The summed E-state index contributed by atoms with van der Waals surface area (Å²) in [6.45, 7) is 3.24. The highest BCUT2D eigenvalue weighted by molar-refractivity contribution is 7.11. The maximum absolute atomic E-state index is 4.57. The van der Waals surface area contributed by atoms with Crippen LogP contribution in [-0.4, -0.2) is 18.6 Å². The topological polar surface area (TPSA) is 24.9 Å². The SMILES string of the molecule is CNC[C@H]1CCc2sc(C)nc2C1.Cl. The summed E-state index contributed by atoms with van der Waals surface area (Å²) >= 11 is 1.88. The lowest BCUT2D eigenvalue weighted by Crippen LogP contribution is -2.24. The molecule has 0 spiro atoms. The lowest BCUT2D eigenvalue weighted by atomic mass is 9.91. The highest BCUT2D eigenvalue weighted by Gasteiger charge is 2.20. The van der Waals surface area contributed by atoms with E-state index in [0.29, 0.717) is 0 Å². The second-order valence-corrected chi connectivity index (χ2v) is 5.06. The zero-order valence-corrected chi connectivity index (χ0v) is 10.3. The average Bonchev–Trinajstić information content (AvgIpc) is 2.44. The van der Waals surface area contributed by atoms with Crippen molar-refractivity contribution in [1.82, 2.24) is 10.3 Å². The van der Waals surface area contributed by atoms with Gasteiger partial charge in [0.1, 0.15) is 0 Å². The van der Waals surface area contributed by atoms with E-state index in [0.717, 1.165) is 12.5 Å². The molecule has 0 bridgehead atoms. The highest BCUT2D eigenvalue weighted by atomic mass is 35.5. The standard InChI is InChI=1S/C10H16N2S.ClH/c1-7-12-9-5-8(6-11-2)3-4-10(9)13-7;/h8,11H,3-6H2,1-2H3;1H/t8-;/m0./s1. The Morgan fingerprint density at radius 1 is 1.57 bits per heavy atom. The van der Waals surface area contributed by atoms with Crippen molar-refractivity contribution in [3.63, 3.8) is 0 Å². The fourth-order valence-electron chi connectivity index (χ4n) is 2.04. The van der Waals surface area contributed by atoms with Crippen LogP contribution in [0.15, 0.2) is 0 Å². The molecule has 4 heteroatoms. The van der Waals surface area contributed by atoms with Crippen LogP contribution in [0.3, 0.4) is 0 Å². The first-order valence-electron chi connectivity index (χ1n) is 4.89. The zero-order valence-electron chi connectivity index (χ0n) is 8.67. The minimum Gasteiger partial charge on any atom is -0.319 e. The van der Waals surface area contributed by atoms with Gasteiger partial charge in [-0.1, -0.05) is 0 Å². The summed E-state index contributed by atoms with van der Waals surface area (Å²) < 4.78 is 0. The van der Waals surface area contributed by atoms with Crippen molar-refractivity contribution in [2.24, 2.45) is 5.92 Å². The molecule has 80 valence electrons. The number of fused-ring (bicyclic) bond motifs is 1. The predicted octanol–water partition coefficient (Wildman–Crippen LogP) is 2.20. The van der Waals surface area contributed by atoms with E-state index in [9.17, 15) is 0 Å². The van der Waals surface area contributed by atoms with Crippen molar-refractivity contribution in [2.75, 3.05) is 13.6 Å². The van der Waals surface area contributed by atoms with Crippen LogP contribution >= 0.6 is 23.7 Å². The smallest absolute Gasteiger partial charge is 0.0900 e. The predicted molar refractivity (Wildman–Crippen MR) is 63.5 cm³/mol. The van der Waals surface area contributed by atoms with Crippen LogP contribution in [0.25, 0.3) is 0 Å². The van der Waals surface area contributed by atoms with E-state index < -0.39 is 0 Å². The van der Waals surface area contributed by atoms with Crippen LogP contribution in [0, 0.1) is 12.8 Å². The molecule has 0 saturated heterocycles. The molecule has 0 aliphatic heterocycles. The van der Waals surface area contributed by atoms with E-state index in [4.69, 9.17) is 0 Å². The Labute approximate surface area is 95.5 Å². The third kappa shape index (κ3) is 2.47. The Kier molecular flexibility index (Phi) is 4.35. The molecule has 0 radical (unpaired) electrons. The number of aryl methyl sites for hydroxylation is 2. The van der Waals surface area contributed by atoms with Crippen molar-refractivity contribution >= 4 is 23.7 Å². The molecule has 1 N–H and O–H groups in total. The molecule has 1 aliphatic rings. The third-order valence-electron chi connectivity index (χ3n) is 2.64. The maximum Gasteiger partial charge on any atom is 0.0900 e. The van der Waals surface area contributed by atoms with E-state index in [1.165, 1.54) is 34.8 Å². The second-order valence-electron chi connectivity index (χ2n) is 3.77. The van der Waals surface area contributed by atoms with Gasteiger partial charge in [0.2, 0.25) is 0 Å². The summed E-state index contributed by atoms with van der Waals surface area (Å²) in [4.78, 5) is 6.11. The number of rotatable bonds is 2. The van der Waals surface area contributed by atoms with Gasteiger partial charge in [-0.2, -0.15) is 0 Å². The Bertz CT molecular complexity index is 298. The van der Waals surface area contributed by atoms with Crippen molar-refractivity contribution in [1.29, 1.82) is 0 Å². The minimum atomic E-state index is 0. The van der Waals surface area contributed by atoms with Gasteiger partial charge in [0.15, 0.2) is 0 Å². The van der Waals surface area contributed by atoms with Gasteiger partial charge < -0.3 is 5.32 Å². The quantitative estimate of drug-likeness (QED) is 0.846. The first kappa shape index (κ1) is 12.0. The van der Waals surface area contributed by atoms with E-state index in [1.807, 2.05) is 18.4 Å². The van der Waals surface area contributed by atoms with Crippen LogP contribution < -0.4 is 5.32 Å². The number of hydrogen-bond acceptors (Lipinski definition) is 3. The molecule has 1 aliphatic carbocycles. The Morgan fingerprint density at radius 3 is 3.07 bits per heavy atom. The Morgan fingerprint density at radius 2 is 2.36 bits per heavy atom. The van der Waals surface area contributed by atoms with Crippen LogP contribution in [0.5, 0.6) is 0 Å². The zero-order chi connectivity index (χ0) is 9.26. The number of hydrogen-bond donors (Lipinski definition) is 1. The van der Waals surface area contributed by atoms with Crippen LogP contribution in [-0.2, 0) is 12.8 Å². The van der Waals surface area contributed by atoms with E-state index >= 15 is 0 Å². The fraction of sp³-hybridized carbons (Fsp3) is 0.700. The Hall–Kier alpha value is -0.120. The molecule has 14 heavy (non-hydrogen) atoms. The van der Waals surface area contributed by atoms with Gasteiger partial charge >= 0.3 is 0 Å². The van der Waals surface area contributed by atoms with Gasteiger partial charge in [-0.05, 0) is 45.7 Å². The summed E-state index contributed by atoms with van der Waals surface area (Å²) in [6.07, 6.45) is 3.75. The van der Waals surface area contributed by atoms with Gasteiger partial charge in [-0.15, -0.1) is 23.7 Å². The number of nitrogens with zero attached hydrogens (tertiary/aromatic N) is 1. The van der Waals surface area contributed by atoms with E-state index in [-0.39, 0.29) is 12.4 Å². The van der Waals surface area contributed by atoms with Gasteiger partial charge in [0.25, 0.3) is 0 Å². The molecule has 0 aromatic carbocycles. The third-order valence-corrected chi connectivity index (χ3v) is 3.71. The molecule has 1 aromatic heterocycles. The van der Waals surface area contributed by atoms with Gasteiger partial charge in [0, 0.05) is 4.88 Å². The van der Waals surface area contributed by atoms with Crippen LogP contribution in [0.2, 0.25) is 0 Å². The first-order chi connectivity index (χ1) is 6.29. The van der Waals surface area contributed by atoms with E-state index in [1.54, 1.807) is 0 Å². The van der Waals surface area contributed by atoms with Crippen molar-refractivity contribution in [3.05, 3.63) is 15.6 Å². The molecule has 0 saturated carbocycles. The molecule has 0 amide bonds. The maximum atomic E-state index is 4.57. The molecule has 1 aromatic rings. The highest BCUT2D eigenvalue weighted by Crippen LogP contribution is 2.28. The molecule has 0 fully saturated rings. The molecular weight excluding hydrogens is 216 g/mol. The normalized spacial score (nSPS) is 20.0. The van der Waals surface area contributed by atoms with E-state index in [2.05, 4.69) is 17.2 Å². The molecule has 1 heterocycles. The van der Waals surface area contributed by atoms with Gasteiger partial charge in [-0.3, -0.25) is 0 Å². The molecule has 1 atom stereocenters. The van der Waals surface area contributed by atoms with Crippen molar-refractivity contribution in [3.8, 4) is 0 Å². The summed E-state index contributed by atoms with van der Waals surface area (Å²) in [5.41, 5.74) is 1.37. The number of thiazole rings is 1. The van der Waals surface area contributed by atoms with Gasteiger partial charge in [0.05, 0.1) is 10.7 Å². The number of halogens is 1. The summed E-state index contributed by atoms with van der Waals surface area (Å²) in [5.74, 6) is 0.805. The average molecular weight is 233 g/mol. The largest absolute Gasteiger partial charge is 0.319 e. The van der Waals surface area contributed by atoms with Gasteiger partial charge in [-0.25, -0.2) is 4.98 Å². The monoisotopic (exact) mass is 232 g/mol. The molecule has 2 nitrogen and oxygen atoms in total. The molecule has 2 rings (SSSR count). The summed E-state index contributed by atoms with van der Waals surface area (Å²) in [6, 6.07) is 0. The van der Waals surface area contributed by atoms with Crippen molar-refractivity contribution in [2.45, 2.75) is 26.2 Å². The summed E-state index contributed by atoms with van der Waals surface area (Å²) in [7, 11) is 2.03. The number of nitrogens with one attached hydrogen (secondary N) is 1. The summed E-state index contributed by atoms with van der Waals surface area (Å²) in [5, 5.41) is 4.48. The van der Waals surface area contributed by atoms with Crippen LogP contribution in [0.1, 0.15) is 22.0 Å². The number of aromatic nitrogens is 1. The van der Waals surface area contributed by atoms with Crippen LogP contribution in [0.4, 0.5) is 0 Å². The lowest BCUT2D eigenvalue weighted by molar-refractivity contribution is 0.438.